The van der Waals surface area contributed by atoms with Crippen LogP contribution in [0.2, 0.25) is 0 Å². The summed E-state index contributed by atoms with van der Waals surface area (Å²) in [4.78, 5) is 43.0. The average Bonchev–Trinajstić information content (AvgIpc) is 2.67. The molecule has 4 rings (SSSR count). The number of amides is 2. The van der Waals surface area contributed by atoms with Crippen LogP contribution in [-0.4, -0.2) is 53.6 Å². The second-order valence-electron chi connectivity index (χ2n) is 13.0. The number of nitrogens with one attached hydrogen (secondary N) is 1. The first-order valence-electron chi connectivity index (χ1n) is 13.3. The Morgan fingerprint density at radius 3 is 1.97 bits per heavy atom. The highest BCUT2D eigenvalue weighted by Crippen LogP contribution is 2.60. The summed E-state index contributed by atoms with van der Waals surface area (Å²) in [5.74, 6) is 2.52. The van der Waals surface area contributed by atoms with Crippen LogP contribution in [0.15, 0.2) is 4.99 Å². The van der Waals surface area contributed by atoms with Crippen LogP contribution >= 0.6 is 0 Å². The summed E-state index contributed by atoms with van der Waals surface area (Å²) in [6, 6.07) is 0. The lowest BCUT2D eigenvalue weighted by atomic mass is 9.49. The zero-order valence-electron chi connectivity index (χ0n) is 22.5. The minimum atomic E-state index is -0.699. The molecule has 0 aliphatic heterocycles. The molecule has 0 heterocycles. The van der Waals surface area contributed by atoms with E-state index in [9.17, 15) is 14.4 Å². The third-order valence-corrected chi connectivity index (χ3v) is 7.17. The van der Waals surface area contributed by atoms with E-state index < -0.39 is 23.4 Å². The molecule has 0 saturated heterocycles. The number of unbranched alkanes of at least 4 members (excludes halogenated alkanes) is 2. The van der Waals surface area contributed by atoms with Crippen molar-refractivity contribution in [1.29, 1.82) is 0 Å². The number of carbonyl (C=O) groups excluding carboxylic acids is 3. The molecule has 8 nitrogen and oxygen atoms in total. The van der Waals surface area contributed by atoms with Crippen LogP contribution < -0.4 is 5.32 Å². The van der Waals surface area contributed by atoms with E-state index in [1.807, 2.05) is 20.8 Å². The first-order valence-corrected chi connectivity index (χ1v) is 13.3. The second-order valence-corrected chi connectivity index (χ2v) is 13.0. The van der Waals surface area contributed by atoms with Gasteiger partial charge in [0.1, 0.15) is 17.5 Å². The molecule has 0 unspecified atom stereocenters. The Kier molecular flexibility index (Phi) is 8.53. The highest BCUT2D eigenvalue weighted by atomic mass is 16.6. The zero-order chi connectivity index (χ0) is 25.9. The van der Waals surface area contributed by atoms with E-state index in [4.69, 9.17) is 14.5 Å². The van der Waals surface area contributed by atoms with E-state index in [1.54, 1.807) is 20.8 Å². The summed E-state index contributed by atoms with van der Waals surface area (Å²) < 4.78 is 11.1. The topological polar surface area (TPSA) is 97.3 Å². The van der Waals surface area contributed by atoms with Crippen molar-refractivity contribution in [2.24, 2.45) is 28.2 Å². The quantitative estimate of drug-likeness (QED) is 0.214. The van der Waals surface area contributed by atoms with Gasteiger partial charge in [-0.3, -0.25) is 10.3 Å². The summed E-state index contributed by atoms with van der Waals surface area (Å²) in [6.45, 7) is 11.7. The smallest absolute Gasteiger partial charge is 0.417 e. The number of ether oxygens (including phenoxy) is 2. The van der Waals surface area contributed by atoms with Crippen molar-refractivity contribution in [3.63, 3.8) is 0 Å². The molecule has 0 atom stereocenters. The molecule has 1 N–H and O–H groups in total. The number of aliphatic imine (C=N–C) groups is 1. The highest BCUT2D eigenvalue weighted by Gasteiger charge is 2.50. The second kappa shape index (κ2) is 10.9. The van der Waals surface area contributed by atoms with Crippen molar-refractivity contribution in [2.45, 2.75) is 111 Å². The summed E-state index contributed by atoms with van der Waals surface area (Å²) in [5, 5.41) is 2.76. The van der Waals surface area contributed by atoms with E-state index in [0.29, 0.717) is 25.8 Å². The number of aldehydes is 1. The molecular formula is C27H45N3O5. The van der Waals surface area contributed by atoms with Gasteiger partial charge in [-0.1, -0.05) is 0 Å². The van der Waals surface area contributed by atoms with E-state index in [0.717, 1.165) is 24.0 Å². The van der Waals surface area contributed by atoms with Crippen molar-refractivity contribution in [3.05, 3.63) is 0 Å². The molecule has 0 spiro atoms. The molecule has 4 saturated carbocycles. The van der Waals surface area contributed by atoms with Gasteiger partial charge in [0.2, 0.25) is 5.96 Å². The van der Waals surface area contributed by atoms with Crippen molar-refractivity contribution in [1.82, 2.24) is 10.2 Å². The third kappa shape index (κ3) is 8.21. The Balaban J connectivity index is 1.84. The molecule has 0 aromatic heterocycles. The minimum Gasteiger partial charge on any atom is -0.444 e. The normalized spacial score (nSPS) is 27.9. The fraction of sp³-hybridized carbons (Fsp3) is 0.852. The summed E-state index contributed by atoms with van der Waals surface area (Å²) in [6.07, 6.45) is 8.84. The maximum absolute atomic E-state index is 13.2. The van der Waals surface area contributed by atoms with Gasteiger partial charge in [0.15, 0.2) is 0 Å². The number of hydrogen-bond acceptors (Lipinski definition) is 6. The number of alkyl carbamates (subject to hydrolysis) is 1. The van der Waals surface area contributed by atoms with Crippen LogP contribution in [0.1, 0.15) is 99.3 Å². The SMILES string of the molecule is CC(C)(C)OC(=O)NC(=NCC12CC3CC(CC(C3)C1)C2)N(CCCCC=O)C(=O)OC(C)(C)C. The average molecular weight is 492 g/mol. The molecule has 4 aliphatic carbocycles. The Bertz CT molecular complexity index is 773. The third-order valence-electron chi connectivity index (χ3n) is 7.17. The monoisotopic (exact) mass is 491 g/mol. The number of nitrogens with zero attached hydrogens (tertiary/aromatic N) is 2. The van der Waals surface area contributed by atoms with E-state index >= 15 is 0 Å². The van der Waals surface area contributed by atoms with Gasteiger partial charge < -0.3 is 14.3 Å². The fourth-order valence-electron chi connectivity index (χ4n) is 6.41. The molecule has 0 aromatic carbocycles. The van der Waals surface area contributed by atoms with Crippen molar-refractivity contribution < 1.29 is 23.9 Å². The minimum absolute atomic E-state index is 0.146. The van der Waals surface area contributed by atoms with Gasteiger partial charge in [-0.25, -0.2) is 14.5 Å². The standard InChI is InChI=1S/C27H45N3O5/c1-25(2,3)34-23(32)29-22(30(10-8-7-9-11-31)24(33)35-26(4,5)6)28-18-27-15-19-12-20(16-27)14-21(13-19)17-27/h11,19-21H,7-10,12-18H2,1-6H3,(H,28,29,32). The van der Waals surface area contributed by atoms with E-state index in [-0.39, 0.29) is 17.9 Å². The number of guanidine groups is 1. The number of carbonyl (C=O) groups is 3. The Hall–Kier alpha value is -2.12. The van der Waals surface area contributed by atoms with Gasteiger partial charge in [-0.15, -0.1) is 0 Å². The maximum atomic E-state index is 13.2. The Labute approximate surface area is 210 Å². The van der Waals surface area contributed by atoms with Crippen LogP contribution in [0.5, 0.6) is 0 Å². The fourth-order valence-corrected chi connectivity index (χ4v) is 6.41. The predicted molar refractivity (Wildman–Crippen MR) is 135 cm³/mol. The first-order chi connectivity index (χ1) is 16.3. The Morgan fingerprint density at radius 2 is 1.49 bits per heavy atom. The molecule has 4 aliphatic rings. The molecule has 2 amide bonds. The lowest BCUT2D eigenvalue weighted by Crippen LogP contribution is -2.51. The van der Waals surface area contributed by atoms with Gasteiger partial charge in [0.25, 0.3) is 0 Å². The van der Waals surface area contributed by atoms with Crippen LogP contribution in [0.25, 0.3) is 0 Å². The zero-order valence-corrected chi connectivity index (χ0v) is 22.5. The molecule has 0 radical (unpaired) electrons. The predicted octanol–water partition coefficient (Wildman–Crippen LogP) is 5.69. The molecule has 4 fully saturated rings. The van der Waals surface area contributed by atoms with Gasteiger partial charge in [0.05, 0.1) is 0 Å². The number of hydrogen-bond donors (Lipinski definition) is 1. The van der Waals surface area contributed by atoms with Gasteiger partial charge in [-0.05, 0) is 116 Å². The molecule has 8 heteroatoms. The molecule has 4 bridgehead atoms. The summed E-state index contributed by atoms with van der Waals surface area (Å²) in [5.41, 5.74) is -1.24. The molecular weight excluding hydrogens is 446 g/mol. The first kappa shape index (κ1) is 27.5. The van der Waals surface area contributed by atoms with Crippen LogP contribution in [0.3, 0.4) is 0 Å². The van der Waals surface area contributed by atoms with E-state index in [1.165, 1.54) is 43.4 Å². The van der Waals surface area contributed by atoms with Crippen LogP contribution in [0.4, 0.5) is 9.59 Å². The molecule has 198 valence electrons. The molecule has 35 heavy (non-hydrogen) atoms. The molecule has 0 aromatic rings. The highest BCUT2D eigenvalue weighted by molar-refractivity contribution is 6.01. The van der Waals surface area contributed by atoms with Crippen molar-refractivity contribution in [2.75, 3.05) is 13.1 Å². The van der Waals surface area contributed by atoms with E-state index in [2.05, 4.69) is 5.32 Å². The summed E-state index contributed by atoms with van der Waals surface area (Å²) in [7, 11) is 0. The maximum Gasteiger partial charge on any atom is 0.417 e. The number of rotatable bonds is 7. The van der Waals surface area contributed by atoms with Gasteiger partial charge >= 0.3 is 12.2 Å². The van der Waals surface area contributed by atoms with Crippen molar-refractivity contribution in [3.8, 4) is 0 Å². The van der Waals surface area contributed by atoms with Gasteiger partial charge in [0, 0.05) is 19.5 Å². The lowest BCUT2D eigenvalue weighted by Gasteiger charge is -2.56. The summed E-state index contributed by atoms with van der Waals surface area (Å²) >= 11 is 0. The van der Waals surface area contributed by atoms with Gasteiger partial charge in [-0.2, -0.15) is 0 Å². The lowest BCUT2D eigenvalue weighted by molar-refractivity contribution is -0.107. The van der Waals surface area contributed by atoms with Crippen molar-refractivity contribution >= 4 is 24.4 Å². The van der Waals surface area contributed by atoms with Crippen LogP contribution in [-0.2, 0) is 14.3 Å². The Morgan fingerprint density at radius 1 is 0.943 bits per heavy atom. The van der Waals surface area contributed by atoms with Crippen LogP contribution in [0, 0.1) is 23.2 Å². The largest absolute Gasteiger partial charge is 0.444 e.